The lowest BCUT2D eigenvalue weighted by atomic mass is 9.93. The zero-order valence-corrected chi connectivity index (χ0v) is 27.9. The molecule has 3 aromatic carbocycles. The van der Waals surface area contributed by atoms with Crippen LogP contribution >= 0.6 is 0 Å². The van der Waals surface area contributed by atoms with Crippen LogP contribution in [0.25, 0.3) is 10.8 Å². The predicted molar refractivity (Wildman–Crippen MR) is 186 cm³/mol. The standard InChI is InChI=1S/C38H49N3O4S/c1-30(21-26-45-29-31-12-4-2-5-13-31)38(43)40-23-11-17-34(28-40)36-19-6-3-9-24-41(25-20-37(42)39-36)46(44)27-22-33-16-10-15-32-14-7-8-18-35(32)33/h2,4-8,10,12-16,18,30,34,37,39,42H,3,9,11,17,20-29H2,1H3/t19?,30-,34?,37+,46?/m1/s1. The van der Waals surface area contributed by atoms with Gasteiger partial charge in [0, 0.05) is 56.8 Å². The fourth-order valence-corrected chi connectivity index (χ4v) is 7.67. The summed E-state index contributed by atoms with van der Waals surface area (Å²) in [6.45, 7) is 5.72. The minimum absolute atomic E-state index is 0.0943. The van der Waals surface area contributed by atoms with Crippen molar-refractivity contribution in [2.24, 2.45) is 11.8 Å². The van der Waals surface area contributed by atoms with Crippen LogP contribution in [0.3, 0.4) is 0 Å². The summed E-state index contributed by atoms with van der Waals surface area (Å²) in [5, 5.41) is 16.7. The van der Waals surface area contributed by atoms with Crippen molar-refractivity contribution in [2.45, 2.75) is 64.7 Å². The molecule has 246 valence electrons. The fraction of sp³-hybridized carbons (Fsp3) is 0.474. The number of carbonyl (C=O) groups is 1. The van der Waals surface area contributed by atoms with Crippen molar-refractivity contribution in [3.05, 3.63) is 101 Å². The molecule has 5 rings (SSSR count). The summed E-state index contributed by atoms with van der Waals surface area (Å²) in [6.07, 6.45) is 6.69. The van der Waals surface area contributed by atoms with E-state index in [1.165, 1.54) is 16.3 Å². The number of hydrogen-bond donors (Lipinski definition) is 2. The summed E-state index contributed by atoms with van der Waals surface area (Å²) in [7, 11) is -1.14. The van der Waals surface area contributed by atoms with Gasteiger partial charge in [-0.05, 0) is 66.5 Å². The van der Waals surface area contributed by atoms with Gasteiger partial charge < -0.3 is 20.1 Å². The molecule has 0 radical (unpaired) electrons. The highest BCUT2D eigenvalue weighted by molar-refractivity contribution is 7.82. The first kappa shape index (κ1) is 34.1. The number of nitrogens with one attached hydrogen (secondary N) is 1. The maximum atomic E-state index is 13.4. The van der Waals surface area contributed by atoms with Crippen LogP contribution in [0.15, 0.2) is 90.3 Å². The van der Waals surface area contributed by atoms with Gasteiger partial charge in [-0.2, -0.15) is 0 Å². The molecule has 1 fully saturated rings. The zero-order valence-electron chi connectivity index (χ0n) is 27.1. The number of aliphatic hydroxyl groups is 1. The molecule has 2 heterocycles. The van der Waals surface area contributed by atoms with Crippen molar-refractivity contribution in [3.8, 4) is 0 Å². The van der Waals surface area contributed by atoms with Gasteiger partial charge in [0.25, 0.3) is 0 Å². The van der Waals surface area contributed by atoms with Crippen LogP contribution in [0.2, 0.25) is 0 Å². The number of amides is 1. The van der Waals surface area contributed by atoms with Crippen molar-refractivity contribution < 1.29 is 18.8 Å². The number of rotatable bonds is 11. The Morgan fingerprint density at radius 3 is 2.70 bits per heavy atom. The molecule has 2 N–H and O–H groups in total. The molecule has 0 bridgehead atoms. The third kappa shape index (κ3) is 9.87. The molecule has 3 aromatic rings. The number of hydrogen-bond acceptors (Lipinski definition) is 5. The molecule has 0 aliphatic carbocycles. The molecule has 4 atom stereocenters. The average Bonchev–Trinajstić information content (AvgIpc) is 3.13. The molecule has 2 aliphatic heterocycles. The topological polar surface area (TPSA) is 82.1 Å². The molecule has 2 aliphatic rings. The second kappa shape index (κ2) is 17.6. The molecule has 7 nitrogen and oxygen atoms in total. The van der Waals surface area contributed by atoms with Crippen molar-refractivity contribution in [2.75, 3.05) is 38.5 Å². The number of carbonyl (C=O) groups excluding carboxylic acids is 1. The van der Waals surface area contributed by atoms with Gasteiger partial charge in [0.15, 0.2) is 0 Å². The largest absolute Gasteiger partial charge is 0.377 e. The van der Waals surface area contributed by atoms with Gasteiger partial charge in [-0.25, -0.2) is 8.51 Å². The lowest BCUT2D eigenvalue weighted by Gasteiger charge is -2.35. The normalized spacial score (nSPS) is 21.2. The van der Waals surface area contributed by atoms with Gasteiger partial charge in [-0.15, -0.1) is 5.73 Å². The SMILES string of the molecule is C[C@H](CCOCc1ccccc1)C(=O)N1CCCC(C2=C=CCCCN(S(=O)CCc3cccc4ccccc34)CC[C@H](O)N2)C1. The van der Waals surface area contributed by atoms with Gasteiger partial charge in [-0.3, -0.25) is 4.79 Å². The molecule has 0 saturated carbocycles. The molecular formula is C38H49N3O4S. The third-order valence-corrected chi connectivity index (χ3v) is 10.6. The maximum Gasteiger partial charge on any atom is 0.225 e. The van der Waals surface area contributed by atoms with E-state index in [2.05, 4.69) is 47.4 Å². The van der Waals surface area contributed by atoms with Gasteiger partial charge >= 0.3 is 0 Å². The summed E-state index contributed by atoms with van der Waals surface area (Å²) in [6, 6.07) is 24.7. The summed E-state index contributed by atoms with van der Waals surface area (Å²) in [5.41, 5.74) is 6.66. The monoisotopic (exact) mass is 643 g/mol. The first-order valence-corrected chi connectivity index (χ1v) is 18.2. The molecule has 0 spiro atoms. The molecule has 46 heavy (non-hydrogen) atoms. The Morgan fingerprint density at radius 2 is 1.83 bits per heavy atom. The quantitative estimate of drug-likeness (QED) is 0.199. The zero-order chi connectivity index (χ0) is 32.1. The van der Waals surface area contributed by atoms with Crippen LogP contribution in [0.5, 0.6) is 0 Å². The highest BCUT2D eigenvalue weighted by Gasteiger charge is 2.29. The van der Waals surface area contributed by atoms with Gasteiger partial charge in [-0.1, -0.05) is 79.7 Å². The van der Waals surface area contributed by atoms with E-state index in [-0.39, 0.29) is 17.7 Å². The Bertz CT molecular complexity index is 1500. The Labute approximate surface area is 276 Å². The van der Waals surface area contributed by atoms with E-state index in [1.54, 1.807) is 0 Å². The number of piperidine rings is 1. The first-order valence-electron chi connectivity index (χ1n) is 16.9. The summed E-state index contributed by atoms with van der Waals surface area (Å²) >= 11 is 0. The van der Waals surface area contributed by atoms with E-state index in [0.717, 1.165) is 49.9 Å². The Balaban J connectivity index is 1.10. The van der Waals surface area contributed by atoms with Crippen LogP contribution in [-0.2, 0) is 33.5 Å². The van der Waals surface area contributed by atoms with E-state index in [9.17, 15) is 14.1 Å². The lowest BCUT2D eigenvalue weighted by Crippen LogP contribution is -2.45. The van der Waals surface area contributed by atoms with Crippen molar-refractivity contribution >= 4 is 27.7 Å². The second-order valence-electron chi connectivity index (χ2n) is 12.5. The Hall–Kier alpha value is -3.26. The summed E-state index contributed by atoms with van der Waals surface area (Å²) in [4.78, 5) is 15.3. The first-order chi connectivity index (χ1) is 22.5. The third-order valence-electron chi connectivity index (χ3n) is 9.07. The van der Waals surface area contributed by atoms with Crippen molar-refractivity contribution in [3.63, 3.8) is 0 Å². The van der Waals surface area contributed by atoms with E-state index in [4.69, 9.17) is 4.74 Å². The number of fused-ring (bicyclic) bond motifs is 1. The molecule has 1 amide bonds. The van der Waals surface area contributed by atoms with Gasteiger partial charge in [0.05, 0.1) is 23.3 Å². The molecule has 0 aromatic heterocycles. The molecule has 1 saturated heterocycles. The van der Waals surface area contributed by atoms with Crippen molar-refractivity contribution in [1.82, 2.24) is 14.5 Å². The number of benzene rings is 3. The van der Waals surface area contributed by atoms with Gasteiger partial charge in [0.2, 0.25) is 5.91 Å². The highest BCUT2D eigenvalue weighted by Crippen LogP contribution is 2.25. The van der Waals surface area contributed by atoms with Crippen LogP contribution in [-0.4, -0.2) is 69.2 Å². The number of likely N-dealkylation sites (tertiary alicyclic amines) is 1. The molecular weight excluding hydrogens is 595 g/mol. The van der Waals surface area contributed by atoms with Crippen LogP contribution in [0.4, 0.5) is 0 Å². The van der Waals surface area contributed by atoms with Crippen molar-refractivity contribution in [1.29, 1.82) is 0 Å². The highest BCUT2D eigenvalue weighted by atomic mass is 32.2. The minimum atomic E-state index is -1.14. The van der Waals surface area contributed by atoms with Crippen LogP contribution < -0.4 is 5.32 Å². The maximum absolute atomic E-state index is 13.4. The van der Waals surface area contributed by atoms with Crippen LogP contribution in [0, 0.1) is 11.8 Å². The van der Waals surface area contributed by atoms with Crippen LogP contribution in [0.1, 0.15) is 56.6 Å². The smallest absolute Gasteiger partial charge is 0.225 e. The van der Waals surface area contributed by atoms with E-state index >= 15 is 0 Å². The van der Waals surface area contributed by atoms with E-state index in [0.29, 0.717) is 51.4 Å². The number of aliphatic hydroxyl groups excluding tert-OH is 1. The summed E-state index contributed by atoms with van der Waals surface area (Å²) in [5.74, 6) is 0.700. The molecule has 8 heteroatoms. The minimum Gasteiger partial charge on any atom is -0.377 e. The fourth-order valence-electron chi connectivity index (χ4n) is 6.37. The van der Waals surface area contributed by atoms with Gasteiger partial charge in [0.1, 0.15) is 6.23 Å². The Morgan fingerprint density at radius 1 is 1.02 bits per heavy atom. The average molecular weight is 644 g/mol. The second-order valence-corrected chi connectivity index (χ2v) is 14.1. The molecule has 2 unspecified atom stereocenters. The summed E-state index contributed by atoms with van der Waals surface area (Å²) < 4.78 is 21.3. The number of ether oxygens (including phenoxy) is 1. The van der Waals surface area contributed by atoms with E-state index < -0.39 is 17.2 Å². The number of nitrogens with zero attached hydrogens (tertiary/aromatic N) is 2. The van der Waals surface area contributed by atoms with E-state index in [1.807, 2.05) is 58.6 Å². The number of aryl methyl sites for hydroxylation is 1. The Kier molecular flexibility index (Phi) is 13.0. The lowest BCUT2D eigenvalue weighted by molar-refractivity contribution is -0.137. The predicted octanol–water partition coefficient (Wildman–Crippen LogP) is 5.96.